The van der Waals surface area contributed by atoms with Crippen molar-refractivity contribution in [3.05, 3.63) is 59.0 Å². The smallest absolute Gasteiger partial charge is 0.274 e. The second-order valence-corrected chi connectivity index (χ2v) is 8.67. The lowest BCUT2D eigenvalue weighted by atomic mass is 10.0. The zero-order valence-corrected chi connectivity index (χ0v) is 17.6. The number of benzene rings is 1. The van der Waals surface area contributed by atoms with Gasteiger partial charge in [0, 0.05) is 41.9 Å². The number of nitrogens with one attached hydrogen (secondary N) is 2. The number of anilines is 1. The average molecular weight is 444 g/mol. The molecule has 2 aromatic heterocycles. The van der Waals surface area contributed by atoms with Crippen molar-refractivity contribution in [2.75, 3.05) is 5.32 Å². The Bertz CT molecular complexity index is 1360. The Labute approximate surface area is 188 Å². The molecule has 1 aromatic carbocycles. The van der Waals surface area contributed by atoms with Crippen LogP contribution in [0.15, 0.2) is 36.5 Å². The van der Waals surface area contributed by atoms with Gasteiger partial charge in [0.15, 0.2) is 5.65 Å². The van der Waals surface area contributed by atoms with Gasteiger partial charge in [-0.3, -0.25) is 24.5 Å². The number of hydrogen-bond donors (Lipinski definition) is 2. The number of carbonyl (C=O) groups excluding carboxylic acids is 4. The van der Waals surface area contributed by atoms with Crippen LogP contribution in [0, 0.1) is 0 Å². The maximum atomic E-state index is 13.1. The van der Waals surface area contributed by atoms with Crippen LogP contribution in [0.5, 0.6) is 0 Å². The molecule has 166 valence electrons. The summed E-state index contributed by atoms with van der Waals surface area (Å²) in [6.07, 6.45) is 4.24. The lowest BCUT2D eigenvalue weighted by Gasteiger charge is -2.29. The minimum atomic E-state index is -0.675. The van der Waals surface area contributed by atoms with Gasteiger partial charge in [-0.1, -0.05) is 6.07 Å². The lowest BCUT2D eigenvalue weighted by molar-refractivity contribution is -0.136. The first-order chi connectivity index (χ1) is 16.0. The van der Waals surface area contributed by atoms with Crippen molar-refractivity contribution < 1.29 is 19.2 Å². The summed E-state index contributed by atoms with van der Waals surface area (Å²) in [6.45, 7) is 0.289. The SMILES string of the molecule is O=C1CCC(N2Cc3ccc(NC(=O)c4cc(C5CC5)nc5ccnn45)cc3C2=O)C(=O)N1. The van der Waals surface area contributed by atoms with Crippen molar-refractivity contribution in [3.8, 4) is 0 Å². The summed E-state index contributed by atoms with van der Waals surface area (Å²) in [6, 6.07) is 8.01. The van der Waals surface area contributed by atoms with Gasteiger partial charge in [0.05, 0.1) is 6.20 Å². The van der Waals surface area contributed by atoms with E-state index in [0.29, 0.717) is 34.9 Å². The van der Waals surface area contributed by atoms with Gasteiger partial charge in [-0.15, -0.1) is 0 Å². The molecule has 0 bridgehead atoms. The number of carbonyl (C=O) groups is 4. The van der Waals surface area contributed by atoms with E-state index >= 15 is 0 Å². The van der Waals surface area contributed by atoms with Gasteiger partial charge in [-0.25, -0.2) is 9.50 Å². The standard InChI is InChI=1S/C23H20N6O4/c30-20-6-5-17(21(31)27-20)28-11-13-3-4-14(9-15(13)23(28)33)25-22(32)18-10-16(12-1-2-12)26-19-7-8-24-29(18)19/h3-4,7-10,12,17H,1-2,5-6,11H2,(H,25,32)(H,27,30,31). The number of fused-ring (bicyclic) bond motifs is 2. The molecule has 1 unspecified atom stereocenters. The number of nitrogens with zero attached hydrogens (tertiary/aromatic N) is 4. The molecule has 4 heterocycles. The quantitative estimate of drug-likeness (QED) is 0.589. The van der Waals surface area contributed by atoms with Crippen molar-refractivity contribution in [1.82, 2.24) is 24.8 Å². The number of imide groups is 1. The molecule has 10 nitrogen and oxygen atoms in total. The first kappa shape index (κ1) is 19.6. The normalized spacial score (nSPS) is 20.2. The maximum absolute atomic E-state index is 13.1. The highest BCUT2D eigenvalue weighted by Crippen LogP contribution is 2.39. The predicted molar refractivity (Wildman–Crippen MR) is 115 cm³/mol. The van der Waals surface area contributed by atoms with E-state index in [1.54, 1.807) is 36.5 Å². The molecule has 6 rings (SSSR count). The topological polar surface area (TPSA) is 126 Å². The molecule has 1 atom stereocenters. The summed E-state index contributed by atoms with van der Waals surface area (Å²) in [5.74, 6) is -1.02. The largest absolute Gasteiger partial charge is 0.322 e. The van der Waals surface area contributed by atoms with E-state index in [2.05, 4.69) is 20.7 Å². The summed E-state index contributed by atoms with van der Waals surface area (Å²) >= 11 is 0. The molecule has 1 saturated carbocycles. The Morgan fingerprint density at radius 3 is 2.73 bits per heavy atom. The van der Waals surface area contributed by atoms with Gasteiger partial charge in [-0.05, 0) is 43.0 Å². The molecule has 0 radical (unpaired) electrons. The van der Waals surface area contributed by atoms with Crippen molar-refractivity contribution in [1.29, 1.82) is 0 Å². The lowest BCUT2D eigenvalue weighted by Crippen LogP contribution is -2.52. The fourth-order valence-electron chi connectivity index (χ4n) is 4.51. The molecule has 1 aliphatic carbocycles. The van der Waals surface area contributed by atoms with Crippen LogP contribution in [-0.4, -0.2) is 49.2 Å². The maximum Gasteiger partial charge on any atom is 0.274 e. The first-order valence-electron chi connectivity index (χ1n) is 10.9. The van der Waals surface area contributed by atoms with Crippen LogP contribution in [-0.2, 0) is 16.1 Å². The Morgan fingerprint density at radius 1 is 1.09 bits per heavy atom. The zero-order valence-electron chi connectivity index (χ0n) is 17.6. The highest BCUT2D eigenvalue weighted by Gasteiger charge is 2.39. The summed E-state index contributed by atoms with van der Waals surface area (Å²) in [5.41, 5.74) is 3.57. The molecule has 0 spiro atoms. The third-order valence-electron chi connectivity index (χ3n) is 6.39. The van der Waals surface area contributed by atoms with E-state index in [0.717, 1.165) is 24.1 Å². The molecule has 3 aliphatic rings. The number of rotatable bonds is 4. The number of piperidine rings is 1. The van der Waals surface area contributed by atoms with Crippen molar-refractivity contribution in [3.63, 3.8) is 0 Å². The van der Waals surface area contributed by atoms with Crippen LogP contribution in [0.25, 0.3) is 5.65 Å². The molecule has 4 amide bonds. The highest BCUT2D eigenvalue weighted by molar-refractivity contribution is 6.07. The van der Waals surface area contributed by atoms with Gasteiger partial charge in [0.1, 0.15) is 11.7 Å². The highest BCUT2D eigenvalue weighted by atomic mass is 16.2. The summed E-state index contributed by atoms with van der Waals surface area (Å²) in [5, 5.41) is 9.38. The molecule has 10 heteroatoms. The Morgan fingerprint density at radius 2 is 1.94 bits per heavy atom. The van der Waals surface area contributed by atoms with Crippen molar-refractivity contribution in [2.24, 2.45) is 0 Å². The zero-order chi connectivity index (χ0) is 22.7. The summed E-state index contributed by atoms with van der Waals surface area (Å²) < 4.78 is 1.50. The summed E-state index contributed by atoms with van der Waals surface area (Å²) in [7, 11) is 0. The molecule has 33 heavy (non-hydrogen) atoms. The Hall–Kier alpha value is -4.08. The van der Waals surface area contributed by atoms with Gasteiger partial charge in [0.2, 0.25) is 11.8 Å². The van der Waals surface area contributed by atoms with Crippen molar-refractivity contribution >= 4 is 35.0 Å². The third kappa shape index (κ3) is 3.34. The fourth-order valence-corrected chi connectivity index (χ4v) is 4.51. The van der Waals surface area contributed by atoms with Crippen molar-refractivity contribution in [2.45, 2.75) is 44.2 Å². The Kier molecular flexibility index (Phi) is 4.29. The van der Waals surface area contributed by atoms with E-state index in [9.17, 15) is 19.2 Å². The van der Waals surface area contributed by atoms with Gasteiger partial charge in [0.25, 0.3) is 11.8 Å². The number of amides is 4. The fraction of sp³-hybridized carbons (Fsp3) is 0.304. The van der Waals surface area contributed by atoms with Crippen LogP contribution >= 0.6 is 0 Å². The van der Waals surface area contributed by atoms with Gasteiger partial charge in [-0.2, -0.15) is 5.10 Å². The summed E-state index contributed by atoms with van der Waals surface area (Å²) in [4.78, 5) is 55.9. The van der Waals surface area contributed by atoms with Gasteiger partial charge < -0.3 is 10.2 Å². The van der Waals surface area contributed by atoms with E-state index in [1.807, 2.05) is 0 Å². The monoisotopic (exact) mass is 444 g/mol. The molecule has 1 saturated heterocycles. The third-order valence-corrected chi connectivity index (χ3v) is 6.39. The molecule has 2 fully saturated rings. The number of hydrogen-bond acceptors (Lipinski definition) is 6. The van der Waals surface area contributed by atoms with E-state index in [4.69, 9.17) is 0 Å². The van der Waals surface area contributed by atoms with E-state index < -0.39 is 11.9 Å². The molecular formula is C23H20N6O4. The minimum Gasteiger partial charge on any atom is -0.322 e. The predicted octanol–water partition coefficient (Wildman–Crippen LogP) is 1.62. The van der Waals surface area contributed by atoms with Crippen LogP contribution in [0.1, 0.15) is 63.7 Å². The first-order valence-corrected chi connectivity index (χ1v) is 10.9. The minimum absolute atomic E-state index is 0.203. The average Bonchev–Trinajstić information content (AvgIpc) is 3.46. The molecule has 2 aliphatic heterocycles. The molecule has 3 aromatic rings. The second-order valence-electron chi connectivity index (χ2n) is 8.67. The van der Waals surface area contributed by atoms with Crippen LogP contribution in [0.2, 0.25) is 0 Å². The Balaban J connectivity index is 1.25. The second kappa shape index (κ2) is 7.22. The van der Waals surface area contributed by atoms with Crippen LogP contribution in [0.3, 0.4) is 0 Å². The van der Waals surface area contributed by atoms with Gasteiger partial charge >= 0.3 is 0 Å². The van der Waals surface area contributed by atoms with Crippen LogP contribution < -0.4 is 10.6 Å². The number of aromatic nitrogens is 3. The van der Waals surface area contributed by atoms with E-state index in [-0.39, 0.29) is 30.7 Å². The molecule has 2 N–H and O–H groups in total. The van der Waals surface area contributed by atoms with Crippen LogP contribution in [0.4, 0.5) is 5.69 Å². The van der Waals surface area contributed by atoms with E-state index in [1.165, 1.54) is 9.42 Å². The molecular weight excluding hydrogens is 424 g/mol.